The van der Waals surface area contributed by atoms with E-state index in [4.69, 9.17) is 9.84 Å². The molecular formula is C22H37NO3. The number of aliphatic hydroxyl groups is 1. The van der Waals surface area contributed by atoms with Gasteiger partial charge in [-0.05, 0) is 57.7 Å². The minimum atomic E-state index is -0.392. The second-order valence-electron chi connectivity index (χ2n) is 8.54. The number of amides is 1. The first-order chi connectivity index (χ1) is 12.0. The maximum atomic E-state index is 12.5. The summed E-state index contributed by atoms with van der Waals surface area (Å²) in [6.07, 6.45) is 2.30. The van der Waals surface area contributed by atoms with Crippen molar-refractivity contribution in [2.75, 3.05) is 6.61 Å². The van der Waals surface area contributed by atoms with Crippen molar-refractivity contribution in [3.05, 3.63) is 35.4 Å². The molecule has 0 bridgehead atoms. The third-order valence-electron chi connectivity index (χ3n) is 5.68. The van der Waals surface area contributed by atoms with E-state index in [9.17, 15) is 4.79 Å². The molecular weight excluding hydrogens is 326 g/mol. The SMILES string of the molecule is CCCC(C)C(C)(C)OCC(C)C(C)(C)NC(=O)c1ccc(CO)cc1. The van der Waals surface area contributed by atoms with Crippen molar-refractivity contribution < 1.29 is 14.6 Å². The first-order valence-electron chi connectivity index (χ1n) is 9.69. The lowest BCUT2D eigenvalue weighted by Gasteiger charge is -2.37. The van der Waals surface area contributed by atoms with E-state index in [-0.39, 0.29) is 24.0 Å². The molecule has 0 aliphatic carbocycles. The van der Waals surface area contributed by atoms with Crippen molar-refractivity contribution in [1.29, 1.82) is 0 Å². The zero-order valence-electron chi connectivity index (χ0n) is 17.6. The highest BCUT2D eigenvalue weighted by Gasteiger charge is 2.32. The van der Waals surface area contributed by atoms with Crippen LogP contribution in [0.3, 0.4) is 0 Å². The number of carbonyl (C=O) groups is 1. The van der Waals surface area contributed by atoms with Crippen LogP contribution in [0.15, 0.2) is 24.3 Å². The zero-order chi connectivity index (χ0) is 20.0. The van der Waals surface area contributed by atoms with Gasteiger partial charge in [-0.15, -0.1) is 0 Å². The van der Waals surface area contributed by atoms with E-state index in [0.29, 0.717) is 18.1 Å². The summed E-state index contributed by atoms with van der Waals surface area (Å²) < 4.78 is 6.23. The van der Waals surface area contributed by atoms with Crippen molar-refractivity contribution in [3.63, 3.8) is 0 Å². The smallest absolute Gasteiger partial charge is 0.251 e. The molecule has 4 nitrogen and oxygen atoms in total. The Bertz CT molecular complexity index is 563. The topological polar surface area (TPSA) is 58.6 Å². The van der Waals surface area contributed by atoms with E-state index >= 15 is 0 Å². The number of nitrogens with one attached hydrogen (secondary N) is 1. The van der Waals surface area contributed by atoms with Gasteiger partial charge in [0.25, 0.3) is 5.91 Å². The molecule has 0 radical (unpaired) electrons. The van der Waals surface area contributed by atoms with Gasteiger partial charge in [0.05, 0.1) is 18.8 Å². The molecule has 26 heavy (non-hydrogen) atoms. The lowest BCUT2D eigenvalue weighted by Crippen LogP contribution is -2.50. The molecule has 0 aliphatic heterocycles. The van der Waals surface area contributed by atoms with Gasteiger partial charge >= 0.3 is 0 Å². The zero-order valence-corrected chi connectivity index (χ0v) is 17.6. The Balaban J connectivity index is 2.66. The fourth-order valence-electron chi connectivity index (χ4n) is 2.72. The normalized spacial score (nSPS) is 14.8. The maximum Gasteiger partial charge on any atom is 0.251 e. The molecule has 0 heterocycles. The van der Waals surface area contributed by atoms with Crippen molar-refractivity contribution in [2.45, 2.75) is 79.1 Å². The van der Waals surface area contributed by atoms with Gasteiger partial charge in [-0.2, -0.15) is 0 Å². The monoisotopic (exact) mass is 363 g/mol. The lowest BCUT2D eigenvalue weighted by atomic mass is 9.87. The standard InChI is InChI=1S/C22H37NO3/c1-8-9-16(2)22(6,7)26-15-17(3)21(4,5)23-20(25)19-12-10-18(14-24)11-13-19/h10-13,16-17,24H,8-9,14-15H2,1-7H3,(H,23,25). The number of carbonyl (C=O) groups excluding carboxylic acids is 1. The molecule has 1 amide bonds. The van der Waals surface area contributed by atoms with Gasteiger partial charge in [0.2, 0.25) is 0 Å². The van der Waals surface area contributed by atoms with Crippen molar-refractivity contribution in [3.8, 4) is 0 Å². The van der Waals surface area contributed by atoms with Crippen LogP contribution in [0.2, 0.25) is 0 Å². The molecule has 2 N–H and O–H groups in total. The van der Waals surface area contributed by atoms with Gasteiger partial charge in [0, 0.05) is 17.0 Å². The van der Waals surface area contributed by atoms with E-state index in [0.717, 1.165) is 18.4 Å². The summed E-state index contributed by atoms with van der Waals surface area (Å²) >= 11 is 0. The van der Waals surface area contributed by atoms with Crippen LogP contribution in [0.5, 0.6) is 0 Å². The Labute approximate surface area is 159 Å². The molecule has 1 rings (SSSR count). The molecule has 2 atom stereocenters. The number of hydrogen-bond donors (Lipinski definition) is 2. The molecule has 0 spiro atoms. The molecule has 0 aromatic heterocycles. The molecule has 1 aromatic carbocycles. The molecule has 0 saturated heterocycles. The number of ether oxygens (including phenoxy) is 1. The fourth-order valence-corrected chi connectivity index (χ4v) is 2.72. The van der Waals surface area contributed by atoms with Crippen LogP contribution < -0.4 is 5.32 Å². The van der Waals surface area contributed by atoms with Crippen LogP contribution in [0.4, 0.5) is 0 Å². The van der Waals surface area contributed by atoms with E-state index < -0.39 is 5.54 Å². The second-order valence-corrected chi connectivity index (χ2v) is 8.54. The number of rotatable bonds is 10. The van der Waals surface area contributed by atoms with Crippen LogP contribution in [-0.4, -0.2) is 28.8 Å². The number of benzene rings is 1. The van der Waals surface area contributed by atoms with Crippen LogP contribution in [0, 0.1) is 11.8 Å². The van der Waals surface area contributed by atoms with Crippen LogP contribution in [0.1, 0.15) is 77.2 Å². The summed E-state index contributed by atoms with van der Waals surface area (Å²) in [5.41, 5.74) is 0.827. The first-order valence-corrected chi connectivity index (χ1v) is 9.69. The van der Waals surface area contributed by atoms with Crippen LogP contribution >= 0.6 is 0 Å². The average molecular weight is 364 g/mol. The summed E-state index contributed by atoms with van der Waals surface area (Å²) in [5, 5.41) is 12.2. The van der Waals surface area contributed by atoms with Gasteiger partial charge in [-0.1, -0.05) is 39.3 Å². The molecule has 2 unspecified atom stereocenters. The van der Waals surface area contributed by atoms with Gasteiger partial charge in [0.1, 0.15) is 0 Å². The highest BCUT2D eigenvalue weighted by molar-refractivity contribution is 5.94. The van der Waals surface area contributed by atoms with Gasteiger partial charge in [0.15, 0.2) is 0 Å². The number of hydrogen-bond acceptors (Lipinski definition) is 3. The van der Waals surface area contributed by atoms with Crippen LogP contribution in [0.25, 0.3) is 0 Å². The molecule has 148 valence electrons. The lowest BCUT2D eigenvalue weighted by molar-refractivity contribution is -0.0777. The Kier molecular flexibility index (Phi) is 8.29. The highest BCUT2D eigenvalue weighted by atomic mass is 16.5. The van der Waals surface area contributed by atoms with Crippen LogP contribution in [-0.2, 0) is 11.3 Å². The molecule has 4 heteroatoms. The summed E-state index contributed by atoms with van der Waals surface area (Å²) in [4.78, 5) is 12.5. The van der Waals surface area contributed by atoms with E-state index in [1.807, 2.05) is 13.8 Å². The molecule has 0 aliphatic rings. The summed E-state index contributed by atoms with van der Waals surface area (Å²) in [5.74, 6) is 0.545. The Morgan fingerprint density at radius 2 is 1.69 bits per heavy atom. The Morgan fingerprint density at radius 3 is 2.19 bits per heavy atom. The van der Waals surface area contributed by atoms with Crippen molar-refractivity contribution in [1.82, 2.24) is 5.32 Å². The predicted octanol–water partition coefficient (Wildman–Crippen LogP) is 4.55. The van der Waals surface area contributed by atoms with E-state index in [2.05, 4.69) is 39.9 Å². The van der Waals surface area contributed by atoms with Gasteiger partial charge in [-0.25, -0.2) is 0 Å². The third kappa shape index (κ3) is 6.40. The van der Waals surface area contributed by atoms with Gasteiger partial charge < -0.3 is 15.2 Å². The minimum Gasteiger partial charge on any atom is -0.392 e. The molecule has 0 fully saturated rings. The highest BCUT2D eigenvalue weighted by Crippen LogP contribution is 2.27. The predicted molar refractivity (Wildman–Crippen MR) is 107 cm³/mol. The van der Waals surface area contributed by atoms with Gasteiger partial charge in [-0.3, -0.25) is 4.79 Å². The molecule has 0 saturated carbocycles. The van der Waals surface area contributed by atoms with Crippen molar-refractivity contribution in [2.24, 2.45) is 11.8 Å². The fraction of sp³-hybridized carbons (Fsp3) is 0.682. The van der Waals surface area contributed by atoms with E-state index in [1.165, 1.54) is 0 Å². The average Bonchev–Trinajstić information content (AvgIpc) is 2.59. The molecule has 1 aromatic rings. The Morgan fingerprint density at radius 1 is 1.12 bits per heavy atom. The Hall–Kier alpha value is -1.39. The summed E-state index contributed by atoms with van der Waals surface area (Å²) in [6, 6.07) is 7.03. The largest absolute Gasteiger partial charge is 0.392 e. The third-order valence-corrected chi connectivity index (χ3v) is 5.68. The van der Waals surface area contributed by atoms with E-state index in [1.54, 1.807) is 24.3 Å². The summed E-state index contributed by atoms with van der Waals surface area (Å²) in [7, 11) is 0. The van der Waals surface area contributed by atoms with Crippen molar-refractivity contribution >= 4 is 5.91 Å². The summed E-state index contributed by atoms with van der Waals surface area (Å²) in [6.45, 7) is 15.5. The first kappa shape index (κ1) is 22.7. The minimum absolute atomic E-state index is 0.0198. The number of aliphatic hydroxyl groups excluding tert-OH is 1. The second kappa shape index (κ2) is 9.52. The maximum absolute atomic E-state index is 12.5. The quantitative estimate of drug-likeness (QED) is 0.641.